The molecule has 0 saturated carbocycles. The number of carbonyl (C=O) groups is 2. The average Bonchev–Trinajstić information content (AvgIpc) is 2.83. The van der Waals surface area contributed by atoms with E-state index in [0.29, 0.717) is 18.6 Å². The van der Waals surface area contributed by atoms with Crippen molar-refractivity contribution in [3.63, 3.8) is 0 Å². The second kappa shape index (κ2) is 13.3. The zero-order valence-electron chi connectivity index (χ0n) is 23.8. The van der Waals surface area contributed by atoms with Crippen molar-refractivity contribution in [2.45, 2.75) is 104 Å². The van der Waals surface area contributed by atoms with Gasteiger partial charge in [-0.25, -0.2) is 0 Å². The van der Waals surface area contributed by atoms with Crippen LogP contribution in [-0.4, -0.2) is 72.4 Å². The van der Waals surface area contributed by atoms with Gasteiger partial charge in [0.25, 0.3) is 0 Å². The largest absolute Gasteiger partial charge is 0.494 e. The molecule has 206 valence electrons. The van der Waals surface area contributed by atoms with Gasteiger partial charge in [0.05, 0.1) is 23.9 Å². The highest BCUT2D eigenvalue weighted by atomic mass is 16.7. The van der Waals surface area contributed by atoms with E-state index in [2.05, 4.69) is 6.58 Å². The quantitative estimate of drug-likeness (QED) is 0.604. The van der Waals surface area contributed by atoms with Crippen LogP contribution >= 0.6 is 0 Å². The Morgan fingerprint density at radius 2 is 1.75 bits per heavy atom. The van der Waals surface area contributed by atoms with Gasteiger partial charge in [-0.3, -0.25) is 9.59 Å². The summed E-state index contributed by atoms with van der Waals surface area (Å²) >= 11 is 0. The fraction of sp³-hybridized carbons (Fsp3) is 0.793. The molecule has 11 atom stereocenters. The van der Waals surface area contributed by atoms with Crippen molar-refractivity contribution < 1.29 is 28.9 Å². The van der Waals surface area contributed by atoms with Gasteiger partial charge in [-0.1, -0.05) is 47.3 Å². The summed E-state index contributed by atoms with van der Waals surface area (Å²) in [6.45, 7) is 17.7. The second-order valence-electron chi connectivity index (χ2n) is 11.4. The first-order valence-electron chi connectivity index (χ1n) is 13.5. The highest BCUT2D eigenvalue weighted by Crippen LogP contribution is 2.33. The molecule has 0 aromatic heterocycles. The highest BCUT2D eigenvalue weighted by molar-refractivity contribution is 5.91. The lowest BCUT2D eigenvalue weighted by atomic mass is 9.80. The predicted octanol–water partition coefficient (Wildman–Crippen LogP) is 4.39. The molecule has 36 heavy (non-hydrogen) atoms. The minimum atomic E-state index is -0.867. The lowest BCUT2D eigenvalue weighted by molar-refractivity contribution is -0.278. The zero-order valence-corrected chi connectivity index (χ0v) is 23.8. The van der Waals surface area contributed by atoms with E-state index in [1.54, 1.807) is 6.08 Å². The van der Waals surface area contributed by atoms with Gasteiger partial charge < -0.3 is 24.2 Å². The molecular formula is C29H49NO6. The summed E-state index contributed by atoms with van der Waals surface area (Å²) in [5.74, 6) is -0.955. The van der Waals surface area contributed by atoms with Gasteiger partial charge in [-0.15, -0.1) is 0 Å². The molecule has 0 amide bonds. The molecule has 0 bridgehead atoms. The van der Waals surface area contributed by atoms with Crippen LogP contribution in [0.1, 0.15) is 67.7 Å². The van der Waals surface area contributed by atoms with Crippen LogP contribution < -0.4 is 0 Å². The van der Waals surface area contributed by atoms with Crippen molar-refractivity contribution >= 4 is 11.6 Å². The van der Waals surface area contributed by atoms with Crippen LogP contribution in [-0.2, 0) is 23.8 Å². The second-order valence-corrected chi connectivity index (χ2v) is 11.4. The molecule has 1 fully saturated rings. The number of rotatable bonds is 4. The summed E-state index contributed by atoms with van der Waals surface area (Å²) in [5, 5.41) is 11.1. The summed E-state index contributed by atoms with van der Waals surface area (Å²) in [7, 11) is 3.86. The Bertz CT molecular complexity index is 795. The SMILES string of the molecule is C=C1O[C@H](CC)[C@H](C)/C=C/C(=O)[C@H](C)C[C@H](C)[C@H](O[C@H]2OC(C)CC(N(C)C)C2O)[C@@H](C)C(=O)[C@H]1C. The number of carbonyl (C=O) groups excluding carboxylic acids is 2. The van der Waals surface area contributed by atoms with Crippen LogP contribution in [0.4, 0.5) is 0 Å². The Morgan fingerprint density at radius 1 is 1.11 bits per heavy atom. The first-order valence-corrected chi connectivity index (χ1v) is 13.5. The Balaban J connectivity index is 2.40. The van der Waals surface area contributed by atoms with Crippen LogP contribution in [0.2, 0.25) is 0 Å². The van der Waals surface area contributed by atoms with Gasteiger partial charge in [-0.2, -0.15) is 0 Å². The van der Waals surface area contributed by atoms with Gasteiger partial charge in [0.2, 0.25) is 0 Å². The van der Waals surface area contributed by atoms with Crippen LogP contribution in [0.3, 0.4) is 0 Å². The van der Waals surface area contributed by atoms with Crippen molar-refractivity contribution in [1.82, 2.24) is 4.90 Å². The summed E-state index contributed by atoms with van der Waals surface area (Å²) in [5.41, 5.74) is 0. The minimum absolute atomic E-state index is 0.00985. The Morgan fingerprint density at radius 3 is 2.33 bits per heavy atom. The first-order chi connectivity index (χ1) is 16.8. The van der Waals surface area contributed by atoms with Crippen molar-refractivity contribution in [2.75, 3.05) is 14.1 Å². The molecule has 0 aromatic rings. The van der Waals surface area contributed by atoms with E-state index < -0.39 is 30.3 Å². The summed E-state index contributed by atoms with van der Waals surface area (Å²) in [6, 6.07) is -0.121. The van der Waals surface area contributed by atoms with Crippen molar-refractivity contribution in [1.29, 1.82) is 0 Å². The standard InChI is InChI=1S/C29H49NO6/c1-11-25-16(2)12-13-24(31)17(3)14-18(4)28(21(7)26(32)20(6)22(8)35-25)36-29-27(33)23(30(9)10)15-19(5)34-29/h12-13,16-21,23,25,27-29,33H,8,11,14-15H2,1-7,9-10H3/b13-12+/t16-,17-,18+,19?,20+,21+,23?,25-,27?,28+,29-/m1/s1. The summed E-state index contributed by atoms with van der Waals surface area (Å²) in [4.78, 5) is 28.5. The average molecular weight is 508 g/mol. The number of ether oxygens (including phenoxy) is 3. The number of Topliss-reactive ketones (excluding diaryl/α,β-unsaturated/α-hetero) is 1. The number of aliphatic hydroxyl groups is 1. The van der Waals surface area contributed by atoms with E-state index in [1.807, 2.05) is 73.5 Å². The first kappa shape index (κ1) is 30.7. The van der Waals surface area contributed by atoms with Crippen molar-refractivity contribution in [3.8, 4) is 0 Å². The molecule has 2 aliphatic rings. The molecule has 2 aliphatic heterocycles. The van der Waals surface area contributed by atoms with Gasteiger partial charge in [0, 0.05) is 23.8 Å². The van der Waals surface area contributed by atoms with Crippen molar-refractivity contribution in [2.24, 2.45) is 29.6 Å². The lowest BCUT2D eigenvalue weighted by Crippen LogP contribution is -2.56. The van der Waals surface area contributed by atoms with E-state index >= 15 is 0 Å². The summed E-state index contributed by atoms with van der Waals surface area (Å²) < 4.78 is 18.6. The maximum absolute atomic E-state index is 13.7. The van der Waals surface area contributed by atoms with E-state index in [0.717, 1.165) is 6.42 Å². The van der Waals surface area contributed by atoms with E-state index in [9.17, 15) is 14.7 Å². The van der Waals surface area contributed by atoms with Crippen LogP contribution in [0.25, 0.3) is 0 Å². The van der Waals surface area contributed by atoms with Gasteiger partial charge in [-0.05, 0) is 59.2 Å². The normalized spacial score (nSPS) is 42.6. The molecule has 2 heterocycles. The van der Waals surface area contributed by atoms with Crippen LogP contribution in [0.5, 0.6) is 0 Å². The maximum Gasteiger partial charge on any atom is 0.185 e. The number of nitrogens with zero attached hydrogens (tertiary/aromatic N) is 1. The molecule has 0 radical (unpaired) electrons. The fourth-order valence-corrected chi connectivity index (χ4v) is 5.47. The molecule has 2 rings (SSSR count). The molecular weight excluding hydrogens is 458 g/mol. The van der Waals surface area contributed by atoms with Crippen molar-refractivity contribution in [3.05, 3.63) is 24.5 Å². The number of likely N-dealkylation sites (N-methyl/N-ethyl adjacent to an activating group) is 1. The maximum atomic E-state index is 13.7. The Kier molecular flexibility index (Phi) is 11.3. The molecule has 3 unspecified atom stereocenters. The third kappa shape index (κ3) is 7.50. The number of hydrogen-bond acceptors (Lipinski definition) is 7. The highest BCUT2D eigenvalue weighted by Gasteiger charge is 2.43. The zero-order chi connectivity index (χ0) is 27.3. The minimum Gasteiger partial charge on any atom is -0.494 e. The van der Waals surface area contributed by atoms with Gasteiger partial charge in [0.15, 0.2) is 12.1 Å². The van der Waals surface area contributed by atoms with Gasteiger partial charge in [0.1, 0.15) is 18.0 Å². The van der Waals surface area contributed by atoms with E-state index in [1.165, 1.54) is 0 Å². The number of allylic oxidation sites excluding steroid dienone is 2. The van der Waals surface area contributed by atoms with Gasteiger partial charge >= 0.3 is 0 Å². The topological polar surface area (TPSA) is 85.3 Å². The Labute approximate surface area is 218 Å². The number of hydrogen-bond donors (Lipinski definition) is 1. The monoisotopic (exact) mass is 507 g/mol. The third-order valence-corrected chi connectivity index (χ3v) is 8.05. The fourth-order valence-electron chi connectivity index (χ4n) is 5.47. The third-order valence-electron chi connectivity index (χ3n) is 8.05. The number of aliphatic hydroxyl groups excluding tert-OH is 1. The Hall–Kier alpha value is -1.54. The van der Waals surface area contributed by atoms with E-state index in [-0.39, 0.29) is 47.6 Å². The summed E-state index contributed by atoms with van der Waals surface area (Å²) in [6.07, 6.45) is 2.98. The molecule has 0 spiro atoms. The molecule has 0 aliphatic carbocycles. The lowest BCUT2D eigenvalue weighted by Gasteiger charge is -2.43. The van der Waals surface area contributed by atoms with Crippen LogP contribution in [0, 0.1) is 29.6 Å². The molecule has 7 nitrogen and oxygen atoms in total. The number of ketones is 2. The van der Waals surface area contributed by atoms with Crippen LogP contribution in [0.15, 0.2) is 24.5 Å². The molecule has 7 heteroatoms. The molecule has 1 N–H and O–H groups in total. The predicted molar refractivity (Wildman–Crippen MR) is 141 cm³/mol. The smallest absolute Gasteiger partial charge is 0.185 e. The van der Waals surface area contributed by atoms with E-state index in [4.69, 9.17) is 14.2 Å². The molecule has 0 aromatic carbocycles. The molecule has 1 saturated heterocycles.